The average Bonchev–Trinajstić information content (AvgIpc) is 3.39. The number of aromatic nitrogens is 5. The number of thiophene rings is 1. The molecule has 0 saturated carbocycles. The number of ketones is 1. The molecule has 0 unspecified atom stereocenters. The van der Waals surface area contributed by atoms with E-state index >= 15 is 0 Å². The zero-order valence-electron chi connectivity index (χ0n) is 16.2. The van der Waals surface area contributed by atoms with Crippen molar-refractivity contribution < 1.29 is 4.79 Å². The van der Waals surface area contributed by atoms with Crippen LogP contribution < -0.4 is 0 Å². The van der Waals surface area contributed by atoms with Crippen LogP contribution in [0.25, 0.3) is 22.3 Å². The Morgan fingerprint density at radius 2 is 2.03 bits per heavy atom. The van der Waals surface area contributed by atoms with E-state index < -0.39 is 0 Å². The molecule has 1 N–H and O–H groups in total. The van der Waals surface area contributed by atoms with Crippen LogP contribution in [0.2, 0.25) is 0 Å². The van der Waals surface area contributed by atoms with Gasteiger partial charge in [-0.1, -0.05) is 0 Å². The van der Waals surface area contributed by atoms with Crippen molar-refractivity contribution in [3.8, 4) is 11.3 Å². The molecule has 0 bridgehead atoms. The summed E-state index contributed by atoms with van der Waals surface area (Å²) >= 11 is 1.69. The fourth-order valence-electron chi connectivity index (χ4n) is 3.97. The van der Waals surface area contributed by atoms with Gasteiger partial charge in [0.1, 0.15) is 6.33 Å². The first-order valence-corrected chi connectivity index (χ1v) is 10.8. The Kier molecular flexibility index (Phi) is 4.67. The molecule has 0 atom stereocenters. The number of rotatable bonds is 5. The van der Waals surface area contributed by atoms with Crippen LogP contribution in [0.15, 0.2) is 30.9 Å². The summed E-state index contributed by atoms with van der Waals surface area (Å²) in [6.07, 6.45) is 11.0. The van der Waals surface area contributed by atoms with Gasteiger partial charge in [0, 0.05) is 28.8 Å². The van der Waals surface area contributed by atoms with Crippen LogP contribution in [-0.4, -0.2) is 30.9 Å². The molecular weight excluding hydrogens is 382 g/mol. The van der Waals surface area contributed by atoms with Gasteiger partial charge in [0.05, 0.1) is 22.2 Å². The fraction of sp³-hybridized carbons (Fsp3) is 0.318. The predicted molar refractivity (Wildman–Crippen MR) is 113 cm³/mol. The molecule has 4 aromatic rings. The number of aryl methyl sites for hydroxylation is 4. The second kappa shape index (κ2) is 7.48. The van der Waals surface area contributed by atoms with E-state index in [1.807, 2.05) is 13.1 Å². The lowest BCUT2D eigenvalue weighted by Gasteiger charge is -2.08. The molecule has 0 fully saturated rings. The van der Waals surface area contributed by atoms with Crippen LogP contribution in [0.5, 0.6) is 0 Å². The summed E-state index contributed by atoms with van der Waals surface area (Å²) in [6, 6.07) is 4.20. The van der Waals surface area contributed by atoms with Gasteiger partial charge in [-0.15, -0.1) is 11.3 Å². The second-order valence-electron chi connectivity index (χ2n) is 7.53. The maximum atomic E-state index is 12.7. The molecule has 7 heteroatoms. The van der Waals surface area contributed by atoms with Crippen molar-refractivity contribution in [3.63, 3.8) is 0 Å². The lowest BCUT2D eigenvalue weighted by molar-refractivity contribution is 0.0986. The van der Waals surface area contributed by atoms with Crippen LogP contribution in [0.1, 0.15) is 50.6 Å². The zero-order chi connectivity index (χ0) is 19.8. The first-order valence-electron chi connectivity index (χ1n) is 9.94. The molecule has 0 aliphatic heterocycles. The lowest BCUT2D eigenvalue weighted by atomic mass is 9.98. The number of nitrogens with one attached hydrogen (secondary N) is 1. The number of Topliss-reactive ketones (excluding diaryl/α,β-unsaturated/α-hetero) is 1. The molecule has 1 aliphatic rings. The quantitative estimate of drug-likeness (QED) is 0.497. The summed E-state index contributed by atoms with van der Waals surface area (Å²) < 4.78 is 0. The molecular formula is C22H21N5OS. The van der Waals surface area contributed by atoms with Crippen LogP contribution in [0, 0.1) is 6.92 Å². The second-order valence-corrected chi connectivity index (χ2v) is 8.67. The molecule has 146 valence electrons. The summed E-state index contributed by atoms with van der Waals surface area (Å²) in [4.78, 5) is 28.3. The SMILES string of the molecule is Cc1cc(-c2ncnc3[nH]ncc23)cnc1CCC(=O)c1cc2c(s1)CCCC2. The van der Waals surface area contributed by atoms with E-state index in [4.69, 9.17) is 0 Å². The van der Waals surface area contributed by atoms with Crippen molar-refractivity contribution in [1.29, 1.82) is 0 Å². The predicted octanol–water partition coefficient (Wildman–Crippen LogP) is 4.48. The lowest BCUT2D eigenvalue weighted by Crippen LogP contribution is -2.02. The van der Waals surface area contributed by atoms with Crippen molar-refractivity contribution in [3.05, 3.63) is 57.4 Å². The Labute approximate surface area is 172 Å². The Hall–Kier alpha value is -2.93. The van der Waals surface area contributed by atoms with Gasteiger partial charge in [0.2, 0.25) is 0 Å². The topological polar surface area (TPSA) is 84.4 Å². The highest BCUT2D eigenvalue weighted by Crippen LogP contribution is 2.31. The number of pyridine rings is 1. The number of carbonyl (C=O) groups is 1. The van der Waals surface area contributed by atoms with Crippen molar-refractivity contribution >= 4 is 28.2 Å². The Balaban J connectivity index is 1.33. The third-order valence-corrected chi connectivity index (χ3v) is 6.85. The van der Waals surface area contributed by atoms with Gasteiger partial charge in [0.15, 0.2) is 11.4 Å². The number of carbonyl (C=O) groups excluding carboxylic acids is 1. The van der Waals surface area contributed by atoms with Gasteiger partial charge in [0.25, 0.3) is 0 Å². The molecule has 6 nitrogen and oxygen atoms in total. The van der Waals surface area contributed by atoms with E-state index in [1.165, 1.54) is 29.6 Å². The fourth-order valence-corrected chi connectivity index (χ4v) is 5.19. The van der Waals surface area contributed by atoms with E-state index in [9.17, 15) is 4.79 Å². The third-order valence-electron chi connectivity index (χ3n) is 5.57. The highest BCUT2D eigenvalue weighted by molar-refractivity contribution is 7.14. The van der Waals surface area contributed by atoms with Gasteiger partial charge >= 0.3 is 0 Å². The number of nitrogens with zero attached hydrogens (tertiary/aromatic N) is 4. The smallest absolute Gasteiger partial charge is 0.173 e. The minimum absolute atomic E-state index is 0.227. The van der Waals surface area contributed by atoms with Crippen LogP contribution in [-0.2, 0) is 19.3 Å². The van der Waals surface area contributed by atoms with Gasteiger partial charge < -0.3 is 0 Å². The molecule has 4 aromatic heterocycles. The standard InChI is InChI=1S/C22H21N5OS/c1-13-8-15(21-16-11-26-27-22(16)25-12-24-21)10-23-17(13)6-7-18(28)20-9-14-4-2-3-5-19(14)29-20/h8-12H,2-7H2,1H3,(H,24,25,26,27). The maximum absolute atomic E-state index is 12.7. The minimum Gasteiger partial charge on any atom is -0.293 e. The average molecular weight is 404 g/mol. The Morgan fingerprint density at radius 1 is 1.14 bits per heavy atom. The van der Waals surface area contributed by atoms with Gasteiger partial charge in [-0.25, -0.2) is 9.97 Å². The van der Waals surface area contributed by atoms with Crippen molar-refractivity contribution in [2.45, 2.75) is 45.4 Å². The minimum atomic E-state index is 0.227. The number of hydrogen-bond acceptors (Lipinski definition) is 6. The Bertz CT molecular complexity index is 1190. The summed E-state index contributed by atoms with van der Waals surface area (Å²) in [5, 5.41) is 7.78. The molecule has 0 amide bonds. The van der Waals surface area contributed by atoms with E-state index in [0.29, 0.717) is 18.5 Å². The highest BCUT2D eigenvalue weighted by Gasteiger charge is 2.18. The van der Waals surface area contributed by atoms with Gasteiger partial charge in [-0.05, 0) is 62.3 Å². The molecule has 29 heavy (non-hydrogen) atoms. The molecule has 1 aliphatic carbocycles. The molecule has 0 saturated heterocycles. The summed E-state index contributed by atoms with van der Waals surface area (Å²) in [5.41, 5.74) is 5.86. The highest BCUT2D eigenvalue weighted by atomic mass is 32.1. The number of aromatic amines is 1. The van der Waals surface area contributed by atoms with E-state index in [1.54, 1.807) is 17.5 Å². The summed E-state index contributed by atoms with van der Waals surface area (Å²) in [6.45, 7) is 2.04. The van der Waals surface area contributed by atoms with Crippen LogP contribution >= 0.6 is 11.3 Å². The molecule has 0 aromatic carbocycles. The summed E-state index contributed by atoms with van der Waals surface area (Å²) in [7, 11) is 0. The molecule has 0 radical (unpaired) electrons. The van der Waals surface area contributed by atoms with Crippen molar-refractivity contribution in [2.24, 2.45) is 0 Å². The molecule has 5 rings (SSSR count). The molecule has 0 spiro atoms. The zero-order valence-corrected chi connectivity index (χ0v) is 17.1. The first-order chi connectivity index (χ1) is 14.2. The van der Waals surface area contributed by atoms with Crippen LogP contribution in [0.4, 0.5) is 0 Å². The maximum Gasteiger partial charge on any atom is 0.173 e. The van der Waals surface area contributed by atoms with E-state index in [-0.39, 0.29) is 5.78 Å². The van der Waals surface area contributed by atoms with E-state index in [2.05, 4.69) is 37.3 Å². The number of fused-ring (bicyclic) bond motifs is 2. The normalized spacial score (nSPS) is 13.6. The largest absolute Gasteiger partial charge is 0.293 e. The monoisotopic (exact) mass is 403 g/mol. The van der Waals surface area contributed by atoms with Gasteiger partial charge in [-0.2, -0.15) is 5.10 Å². The number of H-pyrrole nitrogens is 1. The van der Waals surface area contributed by atoms with Gasteiger partial charge in [-0.3, -0.25) is 14.9 Å². The Morgan fingerprint density at radius 3 is 2.90 bits per heavy atom. The summed E-state index contributed by atoms with van der Waals surface area (Å²) in [5.74, 6) is 0.227. The van der Waals surface area contributed by atoms with Crippen molar-refractivity contribution in [1.82, 2.24) is 25.1 Å². The molecule has 4 heterocycles. The third kappa shape index (κ3) is 3.46. The first kappa shape index (κ1) is 18.1. The van der Waals surface area contributed by atoms with Crippen molar-refractivity contribution in [2.75, 3.05) is 0 Å². The van der Waals surface area contributed by atoms with E-state index in [0.717, 1.165) is 45.6 Å². The van der Waals surface area contributed by atoms with Crippen LogP contribution in [0.3, 0.4) is 0 Å². The number of hydrogen-bond donors (Lipinski definition) is 1.